The van der Waals surface area contributed by atoms with Crippen LogP contribution >= 0.6 is 0 Å². The first kappa shape index (κ1) is 14.3. The summed E-state index contributed by atoms with van der Waals surface area (Å²) in [6, 6.07) is 6.03. The average molecular weight is 284 g/mol. The molecule has 1 N–H and O–H groups in total. The summed E-state index contributed by atoms with van der Waals surface area (Å²) >= 11 is 0. The largest absolute Gasteiger partial charge is 0.416 e. The zero-order valence-corrected chi connectivity index (χ0v) is 10.6. The van der Waals surface area contributed by atoms with Crippen molar-refractivity contribution in [3.05, 3.63) is 59.0 Å². The number of rotatable bonds is 3. The molecule has 0 saturated carbocycles. The molecule has 1 heterocycles. The lowest BCUT2D eigenvalue weighted by molar-refractivity contribution is -0.137. The predicted octanol–water partition coefficient (Wildman–Crippen LogP) is 4.16. The van der Waals surface area contributed by atoms with Crippen molar-refractivity contribution < 1.29 is 17.6 Å². The first-order chi connectivity index (χ1) is 9.34. The molecular formula is C14H12F4N2. The van der Waals surface area contributed by atoms with Gasteiger partial charge in [0.1, 0.15) is 11.6 Å². The summed E-state index contributed by atoms with van der Waals surface area (Å²) in [5, 5.41) is 2.86. The Kier molecular flexibility index (Phi) is 3.92. The maximum absolute atomic E-state index is 13.2. The van der Waals surface area contributed by atoms with E-state index in [1.165, 1.54) is 0 Å². The molecule has 2 aromatic rings. The number of alkyl halides is 3. The van der Waals surface area contributed by atoms with Crippen molar-refractivity contribution in [1.82, 2.24) is 4.98 Å². The minimum atomic E-state index is -4.56. The quantitative estimate of drug-likeness (QED) is 0.856. The highest BCUT2D eigenvalue weighted by Gasteiger charge is 2.31. The van der Waals surface area contributed by atoms with Crippen molar-refractivity contribution in [3.63, 3.8) is 0 Å². The molecule has 1 aromatic heterocycles. The number of hydrogen-bond acceptors (Lipinski definition) is 2. The van der Waals surface area contributed by atoms with E-state index in [1.54, 1.807) is 18.3 Å². The van der Waals surface area contributed by atoms with Gasteiger partial charge in [0.15, 0.2) is 0 Å². The number of aryl methyl sites for hydroxylation is 1. The van der Waals surface area contributed by atoms with Gasteiger partial charge in [-0.3, -0.25) is 0 Å². The third kappa shape index (κ3) is 3.69. The first-order valence-electron chi connectivity index (χ1n) is 5.88. The van der Waals surface area contributed by atoms with Gasteiger partial charge in [-0.25, -0.2) is 9.37 Å². The maximum Gasteiger partial charge on any atom is 0.416 e. The fraction of sp³-hybridized carbons (Fsp3) is 0.214. The Hall–Kier alpha value is -2.11. The molecule has 0 aliphatic rings. The van der Waals surface area contributed by atoms with Crippen LogP contribution in [0.4, 0.5) is 23.4 Å². The van der Waals surface area contributed by atoms with Gasteiger partial charge in [0, 0.05) is 12.7 Å². The van der Waals surface area contributed by atoms with Crippen molar-refractivity contribution >= 4 is 5.82 Å². The van der Waals surface area contributed by atoms with E-state index in [4.69, 9.17) is 0 Å². The van der Waals surface area contributed by atoms with Crippen molar-refractivity contribution in [2.24, 2.45) is 0 Å². The number of nitrogens with zero attached hydrogens (tertiary/aromatic N) is 1. The van der Waals surface area contributed by atoms with Crippen LogP contribution < -0.4 is 5.32 Å². The van der Waals surface area contributed by atoms with E-state index in [2.05, 4.69) is 10.3 Å². The zero-order chi connectivity index (χ0) is 14.8. The van der Waals surface area contributed by atoms with Crippen LogP contribution in [0.5, 0.6) is 0 Å². The SMILES string of the molecule is Cc1ccnc(NCc2cc(F)cc(C(F)(F)F)c2)c1. The van der Waals surface area contributed by atoms with Gasteiger partial charge in [-0.15, -0.1) is 0 Å². The Morgan fingerprint density at radius 1 is 1.15 bits per heavy atom. The van der Waals surface area contributed by atoms with Crippen LogP contribution in [-0.4, -0.2) is 4.98 Å². The molecule has 0 unspecified atom stereocenters. The van der Waals surface area contributed by atoms with E-state index >= 15 is 0 Å². The Morgan fingerprint density at radius 2 is 1.90 bits per heavy atom. The summed E-state index contributed by atoms with van der Waals surface area (Å²) in [5.41, 5.74) is 0.185. The molecule has 0 bridgehead atoms. The number of pyridine rings is 1. The van der Waals surface area contributed by atoms with Crippen molar-refractivity contribution in [2.75, 3.05) is 5.32 Å². The highest BCUT2D eigenvalue weighted by atomic mass is 19.4. The van der Waals surface area contributed by atoms with Gasteiger partial charge in [-0.1, -0.05) is 0 Å². The van der Waals surface area contributed by atoms with E-state index in [0.717, 1.165) is 17.7 Å². The molecular weight excluding hydrogens is 272 g/mol. The van der Waals surface area contributed by atoms with Crippen LogP contribution in [0.25, 0.3) is 0 Å². The maximum atomic E-state index is 13.2. The van der Waals surface area contributed by atoms with Gasteiger partial charge in [0.2, 0.25) is 0 Å². The molecule has 0 saturated heterocycles. The summed E-state index contributed by atoms with van der Waals surface area (Å²) in [7, 11) is 0. The Balaban J connectivity index is 2.16. The second kappa shape index (κ2) is 5.48. The zero-order valence-electron chi connectivity index (χ0n) is 10.6. The van der Waals surface area contributed by atoms with E-state index in [-0.39, 0.29) is 12.1 Å². The van der Waals surface area contributed by atoms with Gasteiger partial charge in [-0.2, -0.15) is 13.2 Å². The molecule has 0 spiro atoms. The van der Waals surface area contributed by atoms with Crippen LogP contribution in [-0.2, 0) is 12.7 Å². The van der Waals surface area contributed by atoms with Crippen molar-refractivity contribution in [1.29, 1.82) is 0 Å². The van der Waals surface area contributed by atoms with Gasteiger partial charge in [-0.05, 0) is 48.4 Å². The van der Waals surface area contributed by atoms with E-state index < -0.39 is 17.6 Å². The summed E-state index contributed by atoms with van der Waals surface area (Å²) in [6.45, 7) is 1.94. The molecule has 0 amide bonds. The monoisotopic (exact) mass is 284 g/mol. The Bertz CT molecular complexity index is 608. The summed E-state index contributed by atoms with van der Waals surface area (Å²) in [6.07, 6.45) is -2.97. The molecule has 2 nitrogen and oxygen atoms in total. The molecule has 0 fully saturated rings. The third-order valence-electron chi connectivity index (χ3n) is 2.67. The fourth-order valence-electron chi connectivity index (χ4n) is 1.74. The Labute approximate surface area is 113 Å². The number of anilines is 1. The summed E-state index contributed by atoms with van der Waals surface area (Å²) < 4.78 is 50.9. The molecule has 2 rings (SSSR count). The third-order valence-corrected chi connectivity index (χ3v) is 2.67. The molecule has 0 radical (unpaired) electrons. The van der Waals surface area contributed by atoms with Gasteiger partial charge in [0.25, 0.3) is 0 Å². The van der Waals surface area contributed by atoms with Crippen LogP contribution in [0.3, 0.4) is 0 Å². The highest BCUT2D eigenvalue weighted by Crippen LogP contribution is 2.30. The van der Waals surface area contributed by atoms with Gasteiger partial charge in [0.05, 0.1) is 5.56 Å². The van der Waals surface area contributed by atoms with Gasteiger partial charge >= 0.3 is 6.18 Å². The van der Waals surface area contributed by atoms with Gasteiger partial charge < -0.3 is 5.32 Å². The topological polar surface area (TPSA) is 24.9 Å². The summed E-state index contributed by atoms with van der Waals surface area (Å²) in [5.74, 6) is -0.378. The summed E-state index contributed by atoms with van der Waals surface area (Å²) in [4.78, 5) is 4.02. The number of hydrogen-bond donors (Lipinski definition) is 1. The van der Waals surface area contributed by atoms with Crippen molar-refractivity contribution in [2.45, 2.75) is 19.6 Å². The number of halogens is 4. The molecule has 0 atom stereocenters. The molecule has 6 heteroatoms. The molecule has 0 aliphatic carbocycles. The van der Waals surface area contributed by atoms with Crippen LogP contribution in [0, 0.1) is 12.7 Å². The highest BCUT2D eigenvalue weighted by molar-refractivity contribution is 5.38. The van der Waals surface area contributed by atoms with Crippen LogP contribution in [0.2, 0.25) is 0 Å². The standard InChI is InChI=1S/C14H12F4N2/c1-9-2-3-19-13(4-9)20-8-10-5-11(14(16,17)18)7-12(15)6-10/h2-7H,8H2,1H3,(H,19,20). The molecule has 20 heavy (non-hydrogen) atoms. The fourth-order valence-corrected chi connectivity index (χ4v) is 1.74. The van der Waals surface area contributed by atoms with Crippen LogP contribution in [0.15, 0.2) is 36.5 Å². The molecule has 0 aliphatic heterocycles. The second-order valence-electron chi connectivity index (χ2n) is 4.42. The lowest BCUT2D eigenvalue weighted by atomic mass is 10.1. The number of benzene rings is 1. The van der Waals surface area contributed by atoms with E-state index in [1.807, 2.05) is 6.92 Å². The second-order valence-corrected chi connectivity index (χ2v) is 4.42. The van der Waals surface area contributed by atoms with Crippen molar-refractivity contribution in [3.8, 4) is 0 Å². The number of nitrogens with one attached hydrogen (secondary N) is 1. The molecule has 106 valence electrons. The Morgan fingerprint density at radius 3 is 2.55 bits per heavy atom. The minimum absolute atomic E-state index is 0.0668. The molecule has 1 aromatic carbocycles. The van der Waals surface area contributed by atoms with E-state index in [0.29, 0.717) is 11.9 Å². The van der Waals surface area contributed by atoms with E-state index in [9.17, 15) is 17.6 Å². The minimum Gasteiger partial charge on any atom is -0.366 e. The number of aromatic nitrogens is 1. The lowest BCUT2D eigenvalue weighted by Crippen LogP contribution is -2.08. The average Bonchev–Trinajstić information content (AvgIpc) is 2.35. The lowest BCUT2D eigenvalue weighted by Gasteiger charge is -2.10. The normalized spacial score (nSPS) is 11.4. The predicted molar refractivity (Wildman–Crippen MR) is 67.7 cm³/mol. The van der Waals surface area contributed by atoms with Crippen LogP contribution in [0.1, 0.15) is 16.7 Å². The smallest absolute Gasteiger partial charge is 0.366 e. The first-order valence-corrected chi connectivity index (χ1v) is 5.88.